The number of amides is 1. The number of aromatic amines is 1. The zero-order chi connectivity index (χ0) is 16.9. The summed E-state index contributed by atoms with van der Waals surface area (Å²) >= 11 is 0. The molecule has 7 nitrogen and oxygen atoms in total. The smallest absolute Gasteiger partial charge is 0.278 e. The van der Waals surface area contributed by atoms with Gasteiger partial charge in [-0.05, 0) is 6.92 Å². The van der Waals surface area contributed by atoms with Crippen LogP contribution in [0.5, 0.6) is 0 Å². The standard InChI is InChI=1S/C16H22N4O3/c1-9(8-23-5)19-7-10-13(15(19)22)17-12-6-11(16(2,3)4)18-20(12)14(10)21/h6,9,18H,7-8H2,1-5H3/t9-/m1/s1. The van der Waals surface area contributed by atoms with E-state index in [1.54, 1.807) is 12.0 Å². The first-order chi connectivity index (χ1) is 10.7. The highest BCUT2D eigenvalue weighted by molar-refractivity contribution is 5.97. The van der Waals surface area contributed by atoms with Gasteiger partial charge in [-0.1, -0.05) is 20.8 Å². The Kier molecular flexibility index (Phi) is 3.55. The largest absolute Gasteiger partial charge is 0.383 e. The molecule has 3 heterocycles. The maximum Gasteiger partial charge on any atom is 0.278 e. The second-order valence-corrected chi connectivity index (χ2v) is 7.09. The van der Waals surface area contributed by atoms with E-state index in [4.69, 9.17) is 4.74 Å². The quantitative estimate of drug-likeness (QED) is 0.925. The molecule has 2 aromatic rings. The topological polar surface area (TPSA) is 79.7 Å². The number of hydrogen-bond acceptors (Lipinski definition) is 4. The number of nitrogens with zero attached hydrogens (tertiary/aromatic N) is 3. The van der Waals surface area contributed by atoms with E-state index in [1.165, 1.54) is 4.52 Å². The predicted octanol–water partition coefficient (Wildman–Crippen LogP) is 1.31. The van der Waals surface area contributed by atoms with E-state index in [2.05, 4.69) is 30.9 Å². The van der Waals surface area contributed by atoms with Crippen molar-refractivity contribution >= 4 is 11.6 Å². The number of aromatic nitrogens is 3. The first-order valence-corrected chi connectivity index (χ1v) is 7.69. The van der Waals surface area contributed by atoms with Gasteiger partial charge in [-0.2, -0.15) is 0 Å². The van der Waals surface area contributed by atoms with Gasteiger partial charge in [0.2, 0.25) is 0 Å². The van der Waals surface area contributed by atoms with E-state index in [0.29, 0.717) is 17.8 Å². The molecule has 0 aliphatic carbocycles. The fourth-order valence-corrected chi connectivity index (χ4v) is 2.83. The number of methoxy groups -OCH3 is 1. The summed E-state index contributed by atoms with van der Waals surface area (Å²) in [6.45, 7) is 8.75. The number of nitrogens with one attached hydrogen (secondary N) is 1. The molecule has 1 atom stereocenters. The van der Waals surface area contributed by atoms with Crippen LogP contribution in [0.15, 0.2) is 10.9 Å². The first-order valence-electron chi connectivity index (χ1n) is 7.69. The van der Waals surface area contributed by atoms with Gasteiger partial charge >= 0.3 is 0 Å². The van der Waals surface area contributed by atoms with Crippen LogP contribution >= 0.6 is 0 Å². The van der Waals surface area contributed by atoms with Crippen LogP contribution in [0.2, 0.25) is 0 Å². The molecule has 1 N–H and O–H groups in total. The predicted molar refractivity (Wildman–Crippen MR) is 85.7 cm³/mol. The molecule has 1 amide bonds. The maximum absolute atomic E-state index is 12.7. The minimum Gasteiger partial charge on any atom is -0.383 e. The van der Waals surface area contributed by atoms with Gasteiger partial charge in [0.05, 0.1) is 24.8 Å². The molecule has 0 spiro atoms. The lowest BCUT2D eigenvalue weighted by Gasteiger charge is -2.22. The summed E-state index contributed by atoms with van der Waals surface area (Å²) < 4.78 is 6.53. The summed E-state index contributed by atoms with van der Waals surface area (Å²) in [4.78, 5) is 31.3. The highest BCUT2D eigenvalue weighted by Gasteiger charge is 2.35. The Bertz CT molecular complexity index is 828. The Morgan fingerprint density at radius 1 is 1.39 bits per heavy atom. The average molecular weight is 318 g/mol. The SMILES string of the molecule is COC[C@@H](C)N1Cc2c(nc3cc(C(C)(C)C)[nH]n3c2=O)C1=O. The third-order valence-corrected chi connectivity index (χ3v) is 4.25. The fraction of sp³-hybridized carbons (Fsp3) is 0.562. The molecule has 1 aliphatic rings. The summed E-state index contributed by atoms with van der Waals surface area (Å²) in [6.07, 6.45) is 0. The van der Waals surface area contributed by atoms with E-state index in [0.717, 1.165) is 5.69 Å². The molecule has 0 fully saturated rings. The molecule has 0 saturated carbocycles. The Hall–Kier alpha value is -2.15. The average Bonchev–Trinajstić information content (AvgIpc) is 3.02. The normalized spacial score (nSPS) is 16.2. The van der Waals surface area contributed by atoms with Crippen LogP contribution in [-0.2, 0) is 16.7 Å². The lowest BCUT2D eigenvalue weighted by Crippen LogP contribution is -2.36. The van der Waals surface area contributed by atoms with Crippen molar-refractivity contribution in [1.82, 2.24) is 19.5 Å². The summed E-state index contributed by atoms with van der Waals surface area (Å²) in [7, 11) is 1.59. The lowest BCUT2D eigenvalue weighted by atomic mass is 9.93. The van der Waals surface area contributed by atoms with Crippen LogP contribution < -0.4 is 5.56 Å². The Morgan fingerprint density at radius 3 is 2.70 bits per heavy atom. The molecule has 0 aromatic carbocycles. The Morgan fingerprint density at radius 2 is 2.09 bits per heavy atom. The molecule has 23 heavy (non-hydrogen) atoms. The van der Waals surface area contributed by atoms with Crippen LogP contribution in [0.25, 0.3) is 5.65 Å². The fourth-order valence-electron chi connectivity index (χ4n) is 2.83. The maximum atomic E-state index is 12.7. The lowest BCUT2D eigenvalue weighted by molar-refractivity contribution is 0.0584. The van der Waals surface area contributed by atoms with E-state index >= 15 is 0 Å². The Balaban J connectivity index is 2.09. The van der Waals surface area contributed by atoms with Crippen LogP contribution in [-0.4, -0.2) is 45.2 Å². The third kappa shape index (κ3) is 2.45. The molecule has 2 aromatic heterocycles. The van der Waals surface area contributed by atoms with Crippen molar-refractivity contribution in [1.29, 1.82) is 0 Å². The van der Waals surface area contributed by atoms with Gasteiger partial charge in [0.25, 0.3) is 11.5 Å². The summed E-state index contributed by atoms with van der Waals surface area (Å²) in [6, 6.07) is 1.73. The van der Waals surface area contributed by atoms with Gasteiger partial charge < -0.3 is 9.64 Å². The van der Waals surface area contributed by atoms with Gasteiger partial charge in [-0.25, -0.2) is 9.50 Å². The molecule has 0 saturated heterocycles. The van der Waals surface area contributed by atoms with Crippen molar-refractivity contribution in [2.45, 2.75) is 45.7 Å². The highest BCUT2D eigenvalue weighted by atomic mass is 16.5. The van der Waals surface area contributed by atoms with E-state index in [9.17, 15) is 9.59 Å². The minimum atomic E-state index is -0.207. The van der Waals surface area contributed by atoms with Gasteiger partial charge in [-0.15, -0.1) is 0 Å². The van der Waals surface area contributed by atoms with E-state index < -0.39 is 0 Å². The zero-order valence-corrected chi connectivity index (χ0v) is 14.1. The summed E-state index contributed by atoms with van der Waals surface area (Å²) in [5.74, 6) is -0.206. The van der Waals surface area contributed by atoms with Crippen LogP contribution in [0.4, 0.5) is 0 Å². The minimum absolute atomic E-state index is 0.102. The molecule has 1 aliphatic heterocycles. The molecule has 3 rings (SSSR count). The van der Waals surface area contributed by atoms with Crippen LogP contribution in [0, 0.1) is 0 Å². The van der Waals surface area contributed by atoms with Gasteiger partial charge in [0.1, 0.15) is 5.69 Å². The number of fused-ring (bicyclic) bond motifs is 2. The third-order valence-electron chi connectivity index (χ3n) is 4.25. The second kappa shape index (κ2) is 5.19. The van der Waals surface area contributed by atoms with Crippen molar-refractivity contribution in [2.24, 2.45) is 0 Å². The molecule has 0 unspecified atom stereocenters. The second-order valence-electron chi connectivity index (χ2n) is 7.09. The van der Waals surface area contributed by atoms with Crippen molar-refractivity contribution < 1.29 is 9.53 Å². The number of H-pyrrole nitrogens is 1. The summed E-state index contributed by atoms with van der Waals surface area (Å²) in [5.41, 5.74) is 1.75. The molecular formula is C16H22N4O3. The molecule has 0 radical (unpaired) electrons. The summed E-state index contributed by atoms with van der Waals surface area (Å²) in [5, 5.41) is 3.10. The number of ether oxygens (including phenoxy) is 1. The molecular weight excluding hydrogens is 296 g/mol. The monoisotopic (exact) mass is 318 g/mol. The number of hydrogen-bond donors (Lipinski definition) is 1. The van der Waals surface area contributed by atoms with Gasteiger partial charge in [0, 0.05) is 24.3 Å². The number of carbonyl (C=O) groups is 1. The van der Waals surface area contributed by atoms with Crippen molar-refractivity contribution in [3.8, 4) is 0 Å². The molecule has 7 heteroatoms. The number of rotatable bonds is 3. The van der Waals surface area contributed by atoms with Gasteiger partial charge in [-0.3, -0.25) is 14.7 Å². The highest BCUT2D eigenvalue weighted by Crippen LogP contribution is 2.24. The van der Waals surface area contributed by atoms with Crippen molar-refractivity contribution in [3.63, 3.8) is 0 Å². The van der Waals surface area contributed by atoms with Gasteiger partial charge in [0.15, 0.2) is 5.65 Å². The van der Waals surface area contributed by atoms with Crippen molar-refractivity contribution in [2.75, 3.05) is 13.7 Å². The molecule has 124 valence electrons. The van der Waals surface area contributed by atoms with Crippen molar-refractivity contribution in [3.05, 3.63) is 33.4 Å². The number of carbonyl (C=O) groups excluding carboxylic acids is 1. The van der Waals surface area contributed by atoms with E-state index in [1.807, 2.05) is 13.0 Å². The van der Waals surface area contributed by atoms with Crippen LogP contribution in [0.1, 0.15) is 49.4 Å². The zero-order valence-electron chi connectivity index (χ0n) is 14.1. The Labute approximate surface area is 134 Å². The van der Waals surface area contributed by atoms with E-state index in [-0.39, 0.29) is 35.2 Å². The molecule has 0 bridgehead atoms. The van der Waals surface area contributed by atoms with Crippen LogP contribution in [0.3, 0.4) is 0 Å². The first kappa shape index (κ1) is 15.7.